The molecule has 1 fully saturated rings. The fourth-order valence-electron chi connectivity index (χ4n) is 3.82. The molecule has 2 atom stereocenters. The van der Waals surface area contributed by atoms with Gasteiger partial charge in [-0.2, -0.15) is 0 Å². The zero-order valence-corrected chi connectivity index (χ0v) is 15.5. The van der Waals surface area contributed by atoms with Crippen LogP contribution in [-0.2, 0) is 17.6 Å². The highest BCUT2D eigenvalue weighted by Gasteiger charge is 2.28. The Kier molecular flexibility index (Phi) is 7.52. The van der Waals surface area contributed by atoms with Gasteiger partial charge in [0, 0.05) is 17.5 Å². The topological polar surface area (TPSA) is 43.1 Å². The molecule has 0 amide bonds. The lowest BCUT2D eigenvalue weighted by atomic mass is 9.78. The Morgan fingerprint density at radius 2 is 1.28 bits per heavy atom. The normalized spacial score (nSPS) is 21.0. The van der Waals surface area contributed by atoms with Crippen molar-refractivity contribution in [2.24, 2.45) is 11.8 Å². The maximum absolute atomic E-state index is 13.1. The number of anilines is 1. The molecule has 0 saturated heterocycles. The van der Waals surface area contributed by atoms with Gasteiger partial charge in [0.2, 0.25) is 0 Å². The Morgan fingerprint density at radius 3 is 1.84 bits per heavy atom. The van der Waals surface area contributed by atoms with Crippen LogP contribution >= 0.6 is 12.4 Å². The summed E-state index contributed by atoms with van der Waals surface area (Å²) in [7, 11) is 0. The molecule has 3 heteroatoms. The van der Waals surface area contributed by atoms with Crippen molar-refractivity contribution in [3.05, 3.63) is 65.7 Å². The Bertz CT molecular complexity index is 653. The number of Topliss-reactive ketones (excluding diaryl/α,β-unsaturated/α-hetero) is 1. The van der Waals surface area contributed by atoms with E-state index in [1.165, 1.54) is 30.4 Å². The average Bonchev–Trinajstić information content (AvgIpc) is 2.60. The van der Waals surface area contributed by atoms with E-state index in [-0.39, 0.29) is 24.2 Å². The van der Waals surface area contributed by atoms with Gasteiger partial charge in [-0.25, -0.2) is 0 Å². The minimum absolute atomic E-state index is 0. The third kappa shape index (κ3) is 5.61. The summed E-state index contributed by atoms with van der Waals surface area (Å²) in [4.78, 5) is 13.1. The van der Waals surface area contributed by atoms with E-state index in [9.17, 15) is 4.79 Å². The summed E-state index contributed by atoms with van der Waals surface area (Å²) in [5.74, 6) is 0.796. The summed E-state index contributed by atoms with van der Waals surface area (Å²) in [6, 6.07) is 18.4. The van der Waals surface area contributed by atoms with Crippen molar-refractivity contribution in [2.45, 2.75) is 44.9 Å². The molecular formula is C22H28ClNO. The van der Waals surface area contributed by atoms with Crippen molar-refractivity contribution in [3.8, 4) is 0 Å². The van der Waals surface area contributed by atoms with E-state index in [4.69, 9.17) is 5.73 Å². The van der Waals surface area contributed by atoms with Crippen molar-refractivity contribution in [2.75, 3.05) is 5.73 Å². The minimum Gasteiger partial charge on any atom is -0.399 e. The van der Waals surface area contributed by atoms with E-state index in [0.29, 0.717) is 5.78 Å². The number of halogens is 1. The first-order valence-electron chi connectivity index (χ1n) is 9.14. The molecule has 2 unspecified atom stereocenters. The van der Waals surface area contributed by atoms with Crippen LogP contribution in [0.1, 0.15) is 43.2 Å². The lowest BCUT2D eigenvalue weighted by Gasteiger charge is -2.25. The van der Waals surface area contributed by atoms with Crippen LogP contribution in [0, 0.1) is 11.8 Å². The number of ketones is 1. The standard InChI is InChI=1S/C22H27NO.ClH/c23-21-13-11-18(12-14-21)16-20-10-6-2-5-9-19(22(20)24)15-17-7-3-1-4-8-17;/h1,3-4,7-8,11-14,19-20H,2,5-6,9-10,15-16,23H2;1H. The van der Waals surface area contributed by atoms with Crippen molar-refractivity contribution >= 4 is 23.9 Å². The van der Waals surface area contributed by atoms with Gasteiger partial charge in [-0.15, -0.1) is 12.4 Å². The molecular weight excluding hydrogens is 330 g/mol. The van der Waals surface area contributed by atoms with Crippen LogP contribution in [-0.4, -0.2) is 5.78 Å². The number of hydrogen-bond acceptors (Lipinski definition) is 2. The fraction of sp³-hybridized carbons (Fsp3) is 0.409. The second-order valence-corrected chi connectivity index (χ2v) is 7.07. The highest BCUT2D eigenvalue weighted by Crippen LogP contribution is 2.29. The molecule has 134 valence electrons. The first kappa shape index (κ1) is 19.5. The van der Waals surface area contributed by atoms with Crippen LogP contribution in [0.15, 0.2) is 54.6 Å². The molecule has 1 aliphatic carbocycles. The number of nitrogens with two attached hydrogens (primary N) is 1. The first-order valence-corrected chi connectivity index (χ1v) is 9.14. The average molecular weight is 358 g/mol. The van der Waals surface area contributed by atoms with Crippen LogP contribution in [0.3, 0.4) is 0 Å². The number of hydrogen-bond donors (Lipinski definition) is 1. The van der Waals surface area contributed by atoms with Crippen molar-refractivity contribution in [1.82, 2.24) is 0 Å². The summed E-state index contributed by atoms with van der Waals surface area (Å²) >= 11 is 0. The molecule has 0 heterocycles. The van der Waals surface area contributed by atoms with Gasteiger partial charge in [-0.05, 0) is 48.9 Å². The van der Waals surface area contributed by atoms with E-state index in [0.717, 1.165) is 31.4 Å². The lowest BCUT2D eigenvalue weighted by molar-refractivity contribution is -0.127. The van der Waals surface area contributed by atoms with Gasteiger partial charge >= 0.3 is 0 Å². The molecule has 3 rings (SSSR count). The number of carbonyl (C=O) groups excluding carboxylic acids is 1. The number of benzene rings is 2. The molecule has 2 N–H and O–H groups in total. The second-order valence-electron chi connectivity index (χ2n) is 7.07. The summed E-state index contributed by atoms with van der Waals surface area (Å²) < 4.78 is 0. The third-order valence-electron chi connectivity index (χ3n) is 5.20. The van der Waals surface area contributed by atoms with Gasteiger partial charge in [-0.1, -0.05) is 61.7 Å². The predicted molar refractivity (Wildman–Crippen MR) is 107 cm³/mol. The smallest absolute Gasteiger partial charge is 0.139 e. The maximum Gasteiger partial charge on any atom is 0.139 e. The van der Waals surface area contributed by atoms with E-state index in [2.05, 4.69) is 36.4 Å². The van der Waals surface area contributed by atoms with Crippen molar-refractivity contribution < 1.29 is 4.79 Å². The van der Waals surface area contributed by atoms with Crippen LogP contribution in [0.2, 0.25) is 0 Å². The Morgan fingerprint density at radius 1 is 0.760 bits per heavy atom. The van der Waals surface area contributed by atoms with E-state index in [1.54, 1.807) is 0 Å². The molecule has 0 spiro atoms. The van der Waals surface area contributed by atoms with Crippen LogP contribution in [0.25, 0.3) is 0 Å². The summed E-state index contributed by atoms with van der Waals surface area (Å²) in [6.07, 6.45) is 7.39. The van der Waals surface area contributed by atoms with Gasteiger partial charge in [0.25, 0.3) is 0 Å². The largest absolute Gasteiger partial charge is 0.399 e. The zero-order chi connectivity index (χ0) is 16.8. The Labute approximate surface area is 157 Å². The first-order chi connectivity index (χ1) is 11.7. The SMILES string of the molecule is Cl.Nc1ccc(CC2CCCCCC(Cc3ccccc3)C2=O)cc1. The maximum atomic E-state index is 13.1. The quantitative estimate of drug-likeness (QED) is 0.760. The van der Waals surface area contributed by atoms with Gasteiger partial charge in [0.05, 0.1) is 0 Å². The van der Waals surface area contributed by atoms with Crippen LogP contribution in [0.5, 0.6) is 0 Å². The molecule has 0 aliphatic heterocycles. The summed E-state index contributed by atoms with van der Waals surface area (Å²) in [6.45, 7) is 0. The molecule has 2 aromatic rings. The number of nitrogen functional groups attached to an aromatic ring is 1. The lowest BCUT2D eigenvalue weighted by Crippen LogP contribution is -2.28. The second kappa shape index (κ2) is 9.62. The van der Waals surface area contributed by atoms with Gasteiger partial charge in [-0.3, -0.25) is 4.79 Å². The van der Waals surface area contributed by atoms with Gasteiger partial charge in [0.15, 0.2) is 0 Å². The highest BCUT2D eigenvalue weighted by atomic mass is 35.5. The van der Waals surface area contributed by atoms with E-state index in [1.807, 2.05) is 18.2 Å². The molecule has 2 aromatic carbocycles. The van der Waals surface area contributed by atoms with E-state index >= 15 is 0 Å². The van der Waals surface area contributed by atoms with Gasteiger partial charge in [0.1, 0.15) is 5.78 Å². The number of rotatable bonds is 4. The third-order valence-corrected chi connectivity index (χ3v) is 5.20. The van der Waals surface area contributed by atoms with Gasteiger partial charge < -0.3 is 5.73 Å². The van der Waals surface area contributed by atoms with Crippen LogP contribution < -0.4 is 5.73 Å². The predicted octanol–water partition coefficient (Wildman–Crippen LogP) is 5.24. The Balaban J connectivity index is 0.00000225. The summed E-state index contributed by atoms with van der Waals surface area (Å²) in [5.41, 5.74) is 9.06. The van der Waals surface area contributed by atoms with Crippen LogP contribution in [0.4, 0.5) is 5.69 Å². The molecule has 1 saturated carbocycles. The molecule has 25 heavy (non-hydrogen) atoms. The Hall–Kier alpha value is -1.80. The highest BCUT2D eigenvalue weighted by molar-refractivity contribution is 5.85. The molecule has 0 aromatic heterocycles. The molecule has 0 radical (unpaired) electrons. The fourth-order valence-corrected chi connectivity index (χ4v) is 3.82. The molecule has 2 nitrogen and oxygen atoms in total. The number of carbonyl (C=O) groups is 1. The molecule has 0 bridgehead atoms. The minimum atomic E-state index is 0. The van der Waals surface area contributed by atoms with E-state index < -0.39 is 0 Å². The van der Waals surface area contributed by atoms with Crippen molar-refractivity contribution in [3.63, 3.8) is 0 Å². The zero-order valence-electron chi connectivity index (χ0n) is 14.7. The van der Waals surface area contributed by atoms with Crippen molar-refractivity contribution in [1.29, 1.82) is 0 Å². The summed E-state index contributed by atoms with van der Waals surface area (Å²) in [5, 5.41) is 0. The molecule has 1 aliphatic rings. The monoisotopic (exact) mass is 357 g/mol.